The van der Waals surface area contributed by atoms with Crippen molar-refractivity contribution in [2.45, 2.75) is 88.0 Å². The van der Waals surface area contributed by atoms with E-state index in [1.807, 2.05) is 12.1 Å². The number of hydrogen-bond acceptors (Lipinski definition) is 16. The van der Waals surface area contributed by atoms with Gasteiger partial charge in [-0.2, -0.15) is 18.4 Å². The molecule has 3 amide bonds. The molecule has 5 atom stereocenters. The van der Waals surface area contributed by atoms with Crippen LogP contribution < -0.4 is 31.1 Å². The molecule has 342 valence electrons. The van der Waals surface area contributed by atoms with Gasteiger partial charge in [0.15, 0.2) is 0 Å². The lowest BCUT2D eigenvalue weighted by atomic mass is 9.91. The quantitative estimate of drug-likeness (QED) is 0.0649. The Bertz CT molecular complexity index is 2020. The second kappa shape index (κ2) is 23.1. The van der Waals surface area contributed by atoms with Crippen molar-refractivity contribution in [3.8, 4) is 6.07 Å². The summed E-state index contributed by atoms with van der Waals surface area (Å²) in [7, 11) is 0. The predicted octanol–water partition coefficient (Wildman–Crippen LogP) is 0.265. The zero-order chi connectivity index (χ0) is 45.5. The van der Waals surface area contributed by atoms with E-state index in [2.05, 4.69) is 47.3 Å². The molecule has 0 spiro atoms. The molecular weight excluding hydrogens is 832 g/mol. The van der Waals surface area contributed by atoms with Crippen LogP contribution in [0.25, 0.3) is 0 Å². The van der Waals surface area contributed by atoms with Gasteiger partial charge in [0.25, 0.3) is 5.91 Å². The largest absolute Gasteiger partial charge is 0.451 e. The van der Waals surface area contributed by atoms with Gasteiger partial charge in [-0.25, -0.2) is 19.9 Å². The molecule has 2 aliphatic rings. The molecule has 63 heavy (non-hydrogen) atoms. The van der Waals surface area contributed by atoms with Gasteiger partial charge in [-0.15, -0.1) is 0 Å². The summed E-state index contributed by atoms with van der Waals surface area (Å²) < 4.78 is 42.2. The molecule has 22 heteroatoms. The number of aliphatic hydroxyl groups excluding tert-OH is 5. The number of anilines is 3. The molecule has 0 radical (unpaired) electrons. The highest BCUT2D eigenvalue weighted by atomic mass is 19.4. The van der Waals surface area contributed by atoms with Gasteiger partial charge in [0.05, 0.1) is 24.3 Å². The first-order valence-corrected chi connectivity index (χ1v) is 20.8. The maximum atomic E-state index is 14.1. The van der Waals surface area contributed by atoms with Gasteiger partial charge >= 0.3 is 6.18 Å². The van der Waals surface area contributed by atoms with E-state index in [0.29, 0.717) is 70.3 Å². The van der Waals surface area contributed by atoms with Crippen molar-refractivity contribution in [1.29, 1.82) is 5.26 Å². The molecular formula is C41H54F3N11O8. The fourth-order valence-electron chi connectivity index (χ4n) is 7.40. The van der Waals surface area contributed by atoms with Crippen LogP contribution in [-0.4, -0.2) is 146 Å². The van der Waals surface area contributed by atoms with Crippen molar-refractivity contribution >= 4 is 35.2 Å². The lowest BCUT2D eigenvalue weighted by Gasteiger charge is -2.34. The van der Waals surface area contributed by atoms with Gasteiger partial charge < -0.3 is 56.6 Å². The van der Waals surface area contributed by atoms with Crippen molar-refractivity contribution in [3.63, 3.8) is 0 Å². The Morgan fingerprint density at radius 2 is 1.57 bits per heavy atom. The van der Waals surface area contributed by atoms with Crippen LogP contribution in [0.3, 0.4) is 0 Å². The average Bonchev–Trinajstić information content (AvgIpc) is 3.79. The molecule has 19 nitrogen and oxygen atoms in total. The molecule has 2 aliphatic heterocycles. The summed E-state index contributed by atoms with van der Waals surface area (Å²) in [4.78, 5) is 57.4. The molecule has 0 saturated carbocycles. The lowest BCUT2D eigenvalue weighted by molar-refractivity contribution is -0.144. The third-order valence-electron chi connectivity index (χ3n) is 11.0. The van der Waals surface area contributed by atoms with E-state index >= 15 is 0 Å². The van der Waals surface area contributed by atoms with E-state index in [4.69, 9.17) is 10.4 Å². The summed E-state index contributed by atoms with van der Waals surface area (Å²) >= 11 is 0. The number of aliphatic hydroxyl groups is 5. The van der Waals surface area contributed by atoms with Crippen LogP contribution in [0.5, 0.6) is 0 Å². The SMILES string of the molecule is N#Cc1ccc(CCNC(=O)C2CCCN2c2cc(N3CCC(CCCC(=O)NCCNC(=O)c4cc(NC[C@H](O)[C@@H](O)[C@H](O)[C@H](O)CO)ncn4)CC3)nc(C(F)(F)F)n2)cc1. The third-order valence-corrected chi connectivity index (χ3v) is 11.0. The summed E-state index contributed by atoms with van der Waals surface area (Å²) in [6.07, 6.45) is -5.92. The highest BCUT2D eigenvalue weighted by Gasteiger charge is 2.39. The van der Waals surface area contributed by atoms with Crippen LogP contribution in [0.4, 0.5) is 30.6 Å². The van der Waals surface area contributed by atoms with Crippen molar-refractivity contribution in [2.75, 3.05) is 67.5 Å². The summed E-state index contributed by atoms with van der Waals surface area (Å²) in [6, 6.07) is 11.2. The first-order valence-electron chi connectivity index (χ1n) is 20.8. The van der Waals surface area contributed by atoms with Crippen molar-refractivity contribution < 1.29 is 53.1 Å². The van der Waals surface area contributed by atoms with Crippen LogP contribution in [-0.2, 0) is 22.2 Å². The summed E-state index contributed by atoms with van der Waals surface area (Å²) in [6.45, 7) is 0.719. The topological polar surface area (TPSA) is 282 Å². The molecule has 2 fully saturated rings. The normalized spacial score (nSPS) is 17.6. The minimum absolute atomic E-state index is 0.0228. The summed E-state index contributed by atoms with van der Waals surface area (Å²) in [5, 5.41) is 68.1. The first kappa shape index (κ1) is 48.3. The number of nitrogens with one attached hydrogen (secondary N) is 4. The number of nitriles is 1. The fraction of sp³-hybridized carbons (Fsp3) is 0.561. The Balaban J connectivity index is 1.02. The van der Waals surface area contributed by atoms with E-state index in [0.717, 1.165) is 18.3 Å². The average molecular weight is 886 g/mol. The fourth-order valence-corrected chi connectivity index (χ4v) is 7.40. The van der Waals surface area contributed by atoms with E-state index in [9.17, 15) is 48.0 Å². The van der Waals surface area contributed by atoms with Gasteiger partial charge in [-0.1, -0.05) is 12.1 Å². The number of carbonyl (C=O) groups excluding carboxylic acids is 3. The number of hydrogen-bond donors (Lipinski definition) is 9. The van der Waals surface area contributed by atoms with Crippen molar-refractivity contribution in [1.82, 2.24) is 35.9 Å². The highest BCUT2D eigenvalue weighted by molar-refractivity contribution is 5.92. The third kappa shape index (κ3) is 14.1. The van der Waals surface area contributed by atoms with E-state index in [1.165, 1.54) is 12.1 Å². The Morgan fingerprint density at radius 3 is 2.27 bits per heavy atom. The number of rotatable bonds is 21. The van der Waals surface area contributed by atoms with E-state index in [1.54, 1.807) is 21.9 Å². The number of alkyl halides is 3. The predicted molar refractivity (Wildman–Crippen MR) is 221 cm³/mol. The van der Waals surface area contributed by atoms with Gasteiger partial charge in [-0.3, -0.25) is 14.4 Å². The number of piperidine rings is 1. The van der Waals surface area contributed by atoms with Gasteiger partial charge in [0.2, 0.25) is 17.6 Å². The molecule has 3 aromatic rings. The highest BCUT2D eigenvalue weighted by Crippen LogP contribution is 2.34. The standard InChI is InChI=1S/C41H54F3N11O8/c42-41(43,44)40-52-33(20-34(53-40)55-16-2-4-29(55)39(63)47-13-10-26-6-8-27(21-45)9-7-26)54-17-11-25(12-18-54)3-1-5-35(59)46-14-15-48-38(62)28-19-32(51-24-50-28)49-22-30(57)36(60)37(61)31(58)23-56/h6-9,19-20,24-25,29-31,36-37,56-58,60-61H,1-5,10-18,22-23H2,(H,46,59)(H,47,63)(H,48,62)(H,49,50,51)/t29?,30-,31+,36+,37+/m0/s1. The zero-order valence-electron chi connectivity index (χ0n) is 34.5. The Kier molecular flexibility index (Phi) is 17.7. The lowest BCUT2D eigenvalue weighted by Crippen LogP contribution is -2.48. The van der Waals surface area contributed by atoms with Crippen LogP contribution in [0.1, 0.15) is 72.4 Å². The first-order chi connectivity index (χ1) is 30.2. The molecule has 1 aromatic carbocycles. The molecule has 2 aromatic heterocycles. The molecule has 5 rings (SSSR count). The minimum Gasteiger partial charge on any atom is -0.394 e. The monoisotopic (exact) mass is 885 g/mol. The van der Waals surface area contributed by atoms with Gasteiger partial charge in [0.1, 0.15) is 53.8 Å². The molecule has 9 N–H and O–H groups in total. The Hall–Kier alpha value is -5.73. The summed E-state index contributed by atoms with van der Waals surface area (Å²) in [5.74, 6) is -1.76. The zero-order valence-corrected chi connectivity index (χ0v) is 34.5. The number of aromatic nitrogens is 4. The number of halogens is 3. The van der Waals surface area contributed by atoms with Crippen molar-refractivity contribution in [3.05, 3.63) is 65.4 Å². The molecule has 1 unspecified atom stereocenters. The maximum Gasteiger partial charge on any atom is 0.451 e. The van der Waals surface area contributed by atoms with Gasteiger partial charge in [-0.05, 0) is 68.6 Å². The van der Waals surface area contributed by atoms with Crippen LogP contribution >= 0.6 is 0 Å². The summed E-state index contributed by atoms with van der Waals surface area (Å²) in [5.41, 5.74) is 1.44. The number of carbonyl (C=O) groups is 3. The molecule has 0 bridgehead atoms. The van der Waals surface area contributed by atoms with E-state index < -0.39 is 55.0 Å². The number of nitrogens with zero attached hydrogens (tertiary/aromatic N) is 7. The minimum atomic E-state index is -4.80. The molecule has 2 saturated heterocycles. The second-order valence-corrected chi connectivity index (χ2v) is 15.5. The molecule has 4 heterocycles. The van der Waals surface area contributed by atoms with Crippen LogP contribution in [0.2, 0.25) is 0 Å². The Labute approximate surface area is 361 Å². The Morgan fingerprint density at radius 1 is 0.873 bits per heavy atom. The smallest absolute Gasteiger partial charge is 0.394 e. The van der Waals surface area contributed by atoms with E-state index in [-0.39, 0.29) is 66.9 Å². The second-order valence-electron chi connectivity index (χ2n) is 15.5. The van der Waals surface area contributed by atoms with Crippen LogP contribution in [0, 0.1) is 17.2 Å². The van der Waals surface area contributed by atoms with Crippen LogP contribution in [0.15, 0.2) is 42.7 Å². The van der Waals surface area contributed by atoms with Gasteiger partial charge in [0, 0.05) is 64.4 Å². The molecule has 0 aliphatic carbocycles. The van der Waals surface area contributed by atoms with Crippen molar-refractivity contribution in [2.24, 2.45) is 5.92 Å². The number of benzene rings is 1. The maximum absolute atomic E-state index is 14.1. The number of amides is 3.